The molecule has 0 radical (unpaired) electrons. The van der Waals surface area contributed by atoms with Crippen LogP contribution >= 0.6 is 0 Å². The molecule has 27 heavy (non-hydrogen) atoms. The highest BCUT2D eigenvalue weighted by atomic mass is 16.5. The summed E-state index contributed by atoms with van der Waals surface area (Å²) >= 11 is 0. The zero-order valence-electron chi connectivity index (χ0n) is 16.6. The Labute approximate surface area is 160 Å². The second-order valence-corrected chi connectivity index (χ2v) is 7.88. The molecule has 8 heteroatoms. The average molecular weight is 380 g/mol. The average Bonchev–Trinajstić information content (AvgIpc) is 3.12. The van der Waals surface area contributed by atoms with Crippen molar-refractivity contribution in [3.05, 3.63) is 17.9 Å². The van der Waals surface area contributed by atoms with Crippen LogP contribution in [0.3, 0.4) is 0 Å². The van der Waals surface area contributed by atoms with Crippen LogP contribution in [0.4, 0.5) is 5.82 Å². The lowest BCUT2D eigenvalue weighted by atomic mass is 9.82. The number of carbonyl (C=O) groups is 1. The van der Waals surface area contributed by atoms with Gasteiger partial charge in [0.2, 0.25) is 5.62 Å². The van der Waals surface area contributed by atoms with Gasteiger partial charge in [0.1, 0.15) is 18.1 Å². The van der Waals surface area contributed by atoms with Crippen molar-refractivity contribution < 1.29 is 14.6 Å². The van der Waals surface area contributed by atoms with Crippen LogP contribution in [-0.2, 0) is 9.53 Å². The van der Waals surface area contributed by atoms with Crippen molar-refractivity contribution in [2.75, 3.05) is 12.3 Å². The minimum absolute atomic E-state index is 0.0897. The lowest BCUT2D eigenvalue weighted by Crippen LogP contribution is -2.32. The molecule has 2 heterocycles. The van der Waals surface area contributed by atoms with E-state index in [-0.39, 0.29) is 17.7 Å². The minimum atomic E-state index is -0.967. The maximum absolute atomic E-state index is 10.7. The summed E-state index contributed by atoms with van der Waals surface area (Å²) in [6.07, 6.45) is 6.87. The number of nitrogens with two attached hydrogens (primary N) is 2. The summed E-state index contributed by atoms with van der Waals surface area (Å²) in [5, 5.41) is 8.81. The first-order chi connectivity index (χ1) is 12.7. The number of unbranched alkanes of at least 4 members (excludes halogenated alkanes) is 1. The van der Waals surface area contributed by atoms with E-state index in [9.17, 15) is 4.79 Å². The molecule has 1 aromatic rings. The Morgan fingerprint density at radius 1 is 1.48 bits per heavy atom. The molecule has 0 aromatic carbocycles. The third-order valence-corrected chi connectivity index (χ3v) is 5.45. The van der Waals surface area contributed by atoms with Gasteiger partial charge in [-0.25, -0.2) is 0 Å². The summed E-state index contributed by atoms with van der Waals surface area (Å²) in [4.78, 5) is 19.7. The van der Waals surface area contributed by atoms with Crippen molar-refractivity contribution in [3.63, 3.8) is 0 Å². The molecule has 2 rings (SSSR count). The molecule has 152 valence electrons. The highest BCUT2D eigenvalue weighted by Gasteiger charge is 2.36. The van der Waals surface area contributed by atoms with Crippen molar-refractivity contribution in [1.29, 1.82) is 0 Å². The smallest absolute Gasteiger partial charge is 0.320 e. The molecule has 0 saturated carbocycles. The van der Waals surface area contributed by atoms with E-state index in [2.05, 4.69) is 30.7 Å². The molecular weight excluding hydrogens is 346 g/mol. The minimum Gasteiger partial charge on any atom is -0.480 e. The van der Waals surface area contributed by atoms with Crippen LogP contribution in [0.2, 0.25) is 0 Å². The van der Waals surface area contributed by atoms with Crippen molar-refractivity contribution in [2.45, 2.75) is 77.7 Å². The molecule has 0 amide bonds. The summed E-state index contributed by atoms with van der Waals surface area (Å²) in [6.45, 7) is 7.20. The topological polar surface area (TPSA) is 129 Å². The first-order valence-corrected chi connectivity index (χ1v) is 9.73. The van der Waals surface area contributed by atoms with Gasteiger partial charge in [-0.1, -0.05) is 20.8 Å². The van der Waals surface area contributed by atoms with Crippen LogP contribution in [-0.4, -0.2) is 39.3 Å². The van der Waals surface area contributed by atoms with Crippen LogP contribution in [0, 0.1) is 5.41 Å². The number of carboxylic acids is 1. The number of aliphatic carboxylic acids is 1. The van der Waals surface area contributed by atoms with E-state index < -0.39 is 12.0 Å². The Kier molecular flexibility index (Phi) is 7.38. The van der Waals surface area contributed by atoms with E-state index >= 15 is 0 Å². The molecule has 1 saturated heterocycles. The van der Waals surface area contributed by atoms with Gasteiger partial charge in [0.25, 0.3) is 0 Å². The molecule has 0 bridgehead atoms. The Bertz CT molecular complexity index is 701. The van der Waals surface area contributed by atoms with Gasteiger partial charge in [-0.3, -0.25) is 14.4 Å². The zero-order valence-corrected chi connectivity index (χ0v) is 16.6. The number of anilines is 1. The van der Waals surface area contributed by atoms with E-state index in [1.165, 1.54) is 0 Å². The molecular formula is C19H33N5O3. The summed E-state index contributed by atoms with van der Waals surface area (Å²) < 4.78 is 8.26. The number of ether oxygens (including phenoxy) is 1. The summed E-state index contributed by atoms with van der Waals surface area (Å²) in [7, 11) is 0. The van der Waals surface area contributed by atoms with Crippen LogP contribution in [0.1, 0.15) is 65.5 Å². The first-order valence-electron chi connectivity index (χ1n) is 9.73. The largest absolute Gasteiger partial charge is 0.480 e. The predicted molar refractivity (Wildman–Crippen MR) is 104 cm³/mol. The van der Waals surface area contributed by atoms with Crippen LogP contribution in [0.5, 0.6) is 0 Å². The highest BCUT2D eigenvalue weighted by molar-refractivity contribution is 5.72. The molecule has 1 aliphatic heterocycles. The summed E-state index contributed by atoms with van der Waals surface area (Å²) in [5.74, 6) is -0.549. The van der Waals surface area contributed by atoms with Crippen molar-refractivity contribution in [3.8, 4) is 0 Å². The normalized spacial score (nSPS) is 22.1. The van der Waals surface area contributed by atoms with Crippen molar-refractivity contribution in [2.24, 2.45) is 16.1 Å². The third-order valence-electron chi connectivity index (χ3n) is 5.45. The molecule has 2 unspecified atom stereocenters. The molecule has 5 N–H and O–H groups in total. The number of nitrogen functional groups attached to an aromatic ring is 1. The second-order valence-electron chi connectivity index (χ2n) is 7.88. The predicted octanol–water partition coefficient (Wildman–Crippen LogP) is 2.06. The maximum atomic E-state index is 10.7. The van der Waals surface area contributed by atoms with Crippen LogP contribution < -0.4 is 17.1 Å². The zero-order chi connectivity index (χ0) is 20.0. The fraction of sp³-hybridized carbons (Fsp3) is 0.737. The van der Waals surface area contributed by atoms with E-state index in [0.717, 1.165) is 25.7 Å². The van der Waals surface area contributed by atoms with Gasteiger partial charge in [0.15, 0.2) is 0 Å². The molecule has 1 aliphatic rings. The Morgan fingerprint density at radius 3 is 2.89 bits per heavy atom. The monoisotopic (exact) mass is 379 g/mol. The molecule has 0 spiro atoms. The Balaban J connectivity index is 2.03. The van der Waals surface area contributed by atoms with Gasteiger partial charge in [-0.05, 0) is 50.0 Å². The molecule has 1 fully saturated rings. The van der Waals surface area contributed by atoms with Crippen molar-refractivity contribution >= 4 is 11.8 Å². The van der Waals surface area contributed by atoms with Gasteiger partial charge < -0.3 is 21.3 Å². The number of rotatable bonds is 9. The van der Waals surface area contributed by atoms with E-state index in [0.29, 0.717) is 30.8 Å². The van der Waals surface area contributed by atoms with Gasteiger partial charge in [0, 0.05) is 12.7 Å². The third kappa shape index (κ3) is 5.77. The summed E-state index contributed by atoms with van der Waals surface area (Å²) in [6, 6.07) is 0.943. The van der Waals surface area contributed by atoms with E-state index in [1.54, 1.807) is 6.07 Å². The maximum Gasteiger partial charge on any atom is 0.320 e. The molecule has 0 aliphatic carbocycles. The van der Waals surface area contributed by atoms with E-state index in [1.807, 2.05) is 10.8 Å². The van der Waals surface area contributed by atoms with Gasteiger partial charge >= 0.3 is 5.97 Å². The van der Waals surface area contributed by atoms with E-state index in [4.69, 9.17) is 21.3 Å². The number of hydrogen-bond acceptors (Lipinski definition) is 6. The van der Waals surface area contributed by atoms with Gasteiger partial charge in [-0.2, -0.15) is 4.98 Å². The van der Waals surface area contributed by atoms with Crippen LogP contribution in [0.25, 0.3) is 0 Å². The number of hydrogen-bond donors (Lipinski definition) is 3. The first kappa shape index (κ1) is 21.4. The van der Waals surface area contributed by atoms with Gasteiger partial charge in [0.05, 0.1) is 6.10 Å². The lowest BCUT2D eigenvalue weighted by molar-refractivity contribution is -0.138. The molecule has 1 aromatic heterocycles. The van der Waals surface area contributed by atoms with Crippen LogP contribution in [0.15, 0.2) is 17.3 Å². The molecule has 3 atom stereocenters. The summed E-state index contributed by atoms with van der Waals surface area (Å²) in [5.41, 5.74) is 12.0. The molecule has 8 nitrogen and oxygen atoms in total. The fourth-order valence-corrected chi connectivity index (χ4v) is 3.18. The quantitative estimate of drug-likeness (QED) is 0.563. The standard InChI is InChI=1S/C19H33N5O3/c1-4-19(2,3)14-8-9-16(27-14)24-12-10-15(21)23-18(24)22-11-6-5-7-13(20)17(25)26/h10,12-14,16H,4-9,11,20H2,1-3H3,(H,25,26)(H2,21,22,23)/t13?,14?,16-/m1/s1. The van der Waals surface area contributed by atoms with Crippen molar-refractivity contribution in [1.82, 2.24) is 9.55 Å². The highest BCUT2D eigenvalue weighted by Crippen LogP contribution is 2.39. The fourth-order valence-electron chi connectivity index (χ4n) is 3.18. The number of carboxylic acid groups (broad SMARTS) is 1. The second kappa shape index (κ2) is 9.32. The number of nitrogens with zero attached hydrogens (tertiary/aromatic N) is 3. The Morgan fingerprint density at radius 2 is 2.22 bits per heavy atom. The lowest BCUT2D eigenvalue weighted by Gasteiger charge is -2.30. The number of aromatic nitrogens is 2. The van der Waals surface area contributed by atoms with Gasteiger partial charge in [-0.15, -0.1) is 0 Å². The SMILES string of the molecule is CCC(C)(C)C1CC[C@H](n2ccc(N)nc2=NCCCCC(N)C(=O)O)O1. The Hall–Kier alpha value is -1.93.